The number of carbonyl (C=O) groups excluding carboxylic acids is 1. The van der Waals surface area contributed by atoms with Crippen molar-refractivity contribution in [1.29, 1.82) is 0 Å². The van der Waals surface area contributed by atoms with Gasteiger partial charge >= 0.3 is 11.9 Å². The average molecular weight is 209 g/mol. The Morgan fingerprint density at radius 1 is 1.20 bits per heavy atom. The van der Waals surface area contributed by atoms with Crippen molar-refractivity contribution < 1.29 is 24.6 Å². The van der Waals surface area contributed by atoms with E-state index in [1.807, 2.05) is 0 Å². The summed E-state index contributed by atoms with van der Waals surface area (Å²) in [6.45, 7) is 0. The molecule has 0 radical (unpaired) electrons. The molecule has 1 aromatic rings. The number of aromatic carboxylic acids is 2. The Labute approximate surface area is 84.1 Å². The topological polar surface area (TPSA) is 104 Å². The lowest BCUT2D eigenvalue weighted by Crippen LogP contribution is -2.11. The van der Waals surface area contributed by atoms with E-state index in [4.69, 9.17) is 10.2 Å². The molecule has 0 aliphatic rings. The van der Waals surface area contributed by atoms with Gasteiger partial charge in [-0.3, -0.25) is 4.79 Å². The van der Waals surface area contributed by atoms with Gasteiger partial charge in [-0.1, -0.05) is 6.07 Å². The molecule has 0 unspecified atom stereocenters. The number of hydrogen-bond donors (Lipinski definition) is 3. The zero-order valence-electron chi connectivity index (χ0n) is 7.43. The first-order valence-electron chi connectivity index (χ1n) is 3.87. The minimum atomic E-state index is -1.41. The Hall–Kier alpha value is -2.37. The van der Waals surface area contributed by atoms with Gasteiger partial charge in [0, 0.05) is 0 Å². The van der Waals surface area contributed by atoms with Gasteiger partial charge in [0.1, 0.15) is 0 Å². The number of benzene rings is 1. The molecule has 0 aliphatic carbocycles. The van der Waals surface area contributed by atoms with E-state index in [0.717, 1.165) is 6.07 Å². The van der Waals surface area contributed by atoms with Gasteiger partial charge in [-0.25, -0.2) is 9.59 Å². The fourth-order valence-corrected chi connectivity index (χ4v) is 1.14. The van der Waals surface area contributed by atoms with Crippen molar-refractivity contribution in [3.8, 4) is 0 Å². The van der Waals surface area contributed by atoms with Crippen molar-refractivity contribution in [2.45, 2.75) is 0 Å². The van der Waals surface area contributed by atoms with E-state index >= 15 is 0 Å². The maximum Gasteiger partial charge on any atom is 0.338 e. The molecule has 1 rings (SSSR count). The second-order valence-electron chi connectivity index (χ2n) is 2.60. The number of rotatable bonds is 4. The summed E-state index contributed by atoms with van der Waals surface area (Å²) in [4.78, 5) is 31.7. The molecular weight excluding hydrogens is 202 g/mol. The van der Waals surface area contributed by atoms with Crippen LogP contribution in [0.1, 0.15) is 20.7 Å². The van der Waals surface area contributed by atoms with Crippen molar-refractivity contribution in [2.24, 2.45) is 0 Å². The number of nitrogens with one attached hydrogen (secondary N) is 1. The molecule has 0 spiro atoms. The van der Waals surface area contributed by atoms with Crippen molar-refractivity contribution in [1.82, 2.24) is 0 Å². The van der Waals surface area contributed by atoms with E-state index in [1.54, 1.807) is 0 Å². The molecule has 0 fully saturated rings. The van der Waals surface area contributed by atoms with Crippen molar-refractivity contribution in [3.63, 3.8) is 0 Å². The molecule has 6 nitrogen and oxygen atoms in total. The first-order chi connectivity index (χ1) is 7.07. The highest BCUT2D eigenvalue weighted by Crippen LogP contribution is 2.19. The molecular formula is C9H7NO5. The molecule has 0 heterocycles. The molecule has 0 atom stereocenters. The minimum absolute atomic E-state index is 0.0441. The largest absolute Gasteiger partial charge is 0.478 e. The van der Waals surface area contributed by atoms with E-state index in [0.29, 0.717) is 0 Å². The Kier molecular flexibility index (Phi) is 3.02. The molecule has 0 saturated carbocycles. The van der Waals surface area contributed by atoms with Crippen LogP contribution in [-0.2, 0) is 4.79 Å². The fraction of sp³-hybridized carbons (Fsp3) is 0. The summed E-state index contributed by atoms with van der Waals surface area (Å²) in [6, 6.07) is 3.81. The van der Waals surface area contributed by atoms with Crippen LogP contribution in [0.15, 0.2) is 18.2 Å². The number of amides is 1. The summed E-state index contributed by atoms with van der Waals surface area (Å²) >= 11 is 0. The molecule has 0 aliphatic heterocycles. The Balaban J connectivity index is 3.40. The van der Waals surface area contributed by atoms with Crippen LogP contribution in [0, 0.1) is 0 Å². The number of carboxylic acids is 2. The highest BCUT2D eigenvalue weighted by molar-refractivity contribution is 6.06. The Morgan fingerprint density at radius 3 is 2.33 bits per heavy atom. The molecule has 0 saturated heterocycles. The fourth-order valence-electron chi connectivity index (χ4n) is 1.14. The average Bonchev–Trinajstić information content (AvgIpc) is 2.17. The lowest BCUT2D eigenvalue weighted by Gasteiger charge is -2.06. The monoisotopic (exact) mass is 209 g/mol. The van der Waals surface area contributed by atoms with Crippen LogP contribution in [0.5, 0.6) is 0 Å². The summed E-state index contributed by atoms with van der Waals surface area (Å²) in [5.74, 6) is -2.76. The maximum atomic E-state index is 10.8. The third kappa shape index (κ3) is 2.11. The third-order valence-corrected chi connectivity index (χ3v) is 1.72. The van der Waals surface area contributed by atoms with Crippen LogP contribution < -0.4 is 5.32 Å². The van der Waals surface area contributed by atoms with Gasteiger partial charge in [0.25, 0.3) is 0 Å². The molecule has 3 N–H and O–H groups in total. The van der Waals surface area contributed by atoms with Crippen LogP contribution in [0.3, 0.4) is 0 Å². The number of carboxylic acid groups (broad SMARTS) is 2. The lowest BCUT2D eigenvalue weighted by molar-refractivity contribution is -0.105. The standard InChI is InChI=1S/C9H7NO5/c11-4-10-6-3-1-2-5(8(12)13)7(6)9(14)15/h1-4H,(H,10,11)(H,12,13)(H,14,15). The summed E-state index contributed by atoms with van der Waals surface area (Å²) in [5, 5.41) is 19.7. The first kappa shape index (κ1) is 10.7. The normalized spacial score (nSPS) is 9.33. The predicted octanol–water partition coefficient (Wildman–Crippen LogP) is 0.651. The Bertz CT molecular complexity index is 427. The van der Waals surface area contributed by atoms with Crippen LogP contribution in [0.25, 0.3) is 0 Å². The van der Waals surface area contributed by atoms with Crippen LogP contribution in [0.2, 0.25) is 0 Å². The lowest BCUT2D eigenvalue weighted by atomic mass is 10.1. The molecule has 78 valence electrons. The number of hydrogen-bond acceptors (Lipinski definition) is 3. The summed E-state index contributed by atoms with van der Waals surface area (Å²) in [6.07, 6.45) is 0.285. The summed E-state index contributed by atoms with van der Waals surface area (Å²) in [5.41, 5.74) is -0.844. The van der Waals surface area contributed by atoms with Crippen LogP contribution in [-0.4, -0.2) is 28.6 Å². The first-order valence-corrected chi connectivity index (χ1v) is 3.87. The zero-order valence-corrected chi connectivity index (χ0v) is 7.43. The highest BCUT2D eigenvalue weighted by atomic mass is 16.4. The van der Waals surface area contributed by atoms with Gasteiger partial charge in [-0.15, -0.1) is 0 Å². The zero-order chi connectivity index (χ0) is 11.4. The van der Waals surface area contributed by atoms with Gasteiger partial charge < -0.3 is 15.5 Å². The second-order valence-corrected chi connectivity index (χ2v) is 2.60. The van der Waals surface area contributed by atoms with Crippen LogP contribution in [0.4, 0.5) is 5.69 Å². The van der Waals surface area contributed by atoms with E-state index in [2.05, 4.69) is 5.32 Å². The second kappa shape index (κ2) is 4.23. The van der Waals surface area contributed by atoms with Crippen molar-refractivity contribution in [2.75, 3.05) is 5.32 Å². The van der Waals surface area contributed by atoms with Gasteiger partial charge in [0.05, 0.1) is 16.8 Å². The molecule has 15 heavy (non-hydrogen) atoms. The smallest absolute Gasteiger partial charge is 0.338 e. The summed E-state index contributed by atoms with van der Waals surface area (Å²) in [7, 11) is 0. The van der Waals surface area contributed by atoms with Crippen LogP contribution >= 0.6 is 0 Å². The minimum Gasteiger partial charge on any atom is -0.478 e. The van der Waals surface area contributed by atoms with Gasteiger partial charge in [-0.2, -0.15) is 0 Å². The van der Waals surface area contributed by atoms with E-state index in [-0.39, 0.29) is 17.7 Å². The van der Waals surface area contributed by atoms with Gasteiger partial charge in [-0.05, 0) is 12.1 Å². The van der Waals surface area contributed by atoms with Gasteiger partial charge in [0.2, 0.25) is 6.41 Å². The maximum absolute atomic E-state index is 10.8. The molecule has 1 aromatic carbocycles. The Morgan fingerprint density at radius 2 is 1.87 bits per heavy atom. The number of anilines is 1. The third-order valence-electron chi connectivity index (χ3n) is 1.72. The predicted molar refractivity (Wildman–Crippen MR) is 50.0 cm³/mol. The molecule has 0 bridgehead atoms. The highest BCUT2D eigenvalue weighted by Gasteiger charge is 2.19. The van der Waals surface area contributed by atoms with Gasteiger partial charge in [0.15, 0.2) is 0 Å². The van der Waals surface area contributed by atoms with Crippen molar-refractivity contribution >= 4 is 24.0 Å². The summed E-state index contributed by atoms with van der Waals surface area (Å²) < 4.78 is 0. The van der Waals surface area contributed by atoms with E-state index in [1.165, 1.54) is 12.1 Å². The SMILES string of the molecule is O=CNc1cccc(C(=O)O)c1C(=O)O. The van der Waals surface area contributed by atoms with E-state index < -0.39 is 17.5 Å². The molecule has 6 heteroatoms. The molecule has 0 aromatic heterocycles. The quantitative estimate of drug-likeness (QED) is 0.631. The molecule has 1 amide bonds. The number of carbonyl (C=O) groups is 3. The van der Waals surface area contributed by atoms with E-state index in [9.17, 15) is 14.4 Å². The van der Waals surface area contributed by atoms with Crippen molar-refractivity contribution in [3.05, 3.63) is 29.3 Å².